The van der Waals surface area contributed by atoms with Crippen LogP contribution >= 0.6 is 0 Å². The summed E-state index contributed by atoms with van der Waals surface area (Å²) in [5, 5.41) is 7.81. The summed E-state index contributed by atoms with van der Waals surface area (Å²) in [4.78, 5) is 2.36. The Morgan fingerprint density at radius 3 is 2.72 bits per heavy atom. The molecule has 1 heterocycles. The van der Waals surface area contributed by atoms with Crippen LogP contribution in [-0.4, -0.2) is 29.7 Å². The molecule has 0 spiro atoms. The van der Waals surface area contributed by atoms with Crippen LogP contribution in [0.25, 0.3) is 0 Å². The number of hydrogen-bond acceptors (Lipinski definition) is 3. The molecule has 1 aliphatic heterocycles. The molecule has 2 rings (SSSR count). The third-order valence-corrected chi connectivity index (χ3v) is 2.90. The van der Waals surface area contributed by atoms with Crippen molar-refractivity contribution in [3.8, 4) is 0 Å². The molecular weight excluding hydrogens is 226 g/mol. The lowest BCUT2D eigenvalue weighted by Gasteiger charge is -2.27. The number of guanidine groups is 1. The van der Waals surface area contributed by atoms with Gasteiger partial charge in [0, 0.05) is 13.1 Å². The van der Waals surface area contributed by atoms with E-state index < -0.39 is 0 Å². The zero-order valence-corrected chi connectivity index (χ0v) is 10.4. The molecule has 1 aliphatic rings. The average molecular weight is 245 g/mol. The van der Waals surface area contributed by atoms with Crippen LogP contribution in [0.2, 0.25) is 0 Å². The second-order valence-corrected chi connectivity index (χ2v) is 4.49. The van der Waals surface area contributed by atoms with Crippen molar-refractivity contribution in [1.82, 2.24) is 4.90 Å². The molecule has 96 valence electrons. The van der Waals surface area contributed by atoms with Gasteiger partial charge in [0.15, 0.2) is 0 Å². The van der Waals surface area contributed by atoms with Crippen LogP contribution < -0.4 is 11.5 Å². The van der Waals surface area contributed by atoms with E-state index in [1.165, 1.54) is 5.56 Å². The van der Waals surface area contributed by atoms with Crippen LogP contribution in [-0.2, 0) is 6.54 Å². The number of likely N-dealkylation sites (tertiary alicyclic amines) is 1. The molecule has 5 heteroatoms. The summed E-state index contributed by atoms with van der Waals surface area (Å²) in [6, 6.07) is 10.4. The third-order valence-electron chi connectivity index (χ3n) is 2.90. The standard InChI is InChI=1S/C13H19N5/c14-13(15)17-16-12-7-4-8-18(10-12)9-11-5-2-1-3-6-11/h1-3,5-6H,4,7-10H2,(H4,14,15,17). The van der Waals surface area contributed by atoms with Crippen molar-refractivity contribution in [2.24, 2.45) is 21.7 Å². The summed E-state index contributed by atoms with van der Waals surface area (Å²) in [7, 11) is 0. The smallest absolute Gasteiger partial charge is 0.211 e. The largest absolute Gasteiger partial charge is 0.369 e. The van der Waals surface area contributed by atoms with Crippen molar-refractivity contribution in [1.29, 1.82) is 0 Å². The summed E-state index contributed by atoms with van der Waals surface area (Å²) < 4.78 is 0. The van der Waals surface area contributed by atoms with E-state index in [-0.39, 0.29) is 5.96 Å². The first-order chi connectivity index (χ1) is 8.74. The Kier molecular flexibility index (Phi) is 4.30. The molecule has 4 N–H and O–H groups in total. The van der Waals surface area contributed by atoms with Crippen LogP contribution in [0.3, 0.4) is 0 Å². The molecule has 0 atom stereocenters. The summed E-state index contributed by atoms with van der Waals surface area (Å²) >= 11 is 0. The Morgan fingerprint density at radius 2 is 2.00 bits per heavy atom. The Morgan fingerprint density at radius 1 is 1.22 bits per heavy atom. The lowest BCUT2D eigenvalue weighted by atomic mass is 10.1. The first-order valence-corrected chi connectivity index (χ1v) is 6.14. The topological polar surface area (TPSA) is 80.0 Å². The highest BCUT2D eigenvalue weighted by atomic mass is 15.3. The van der Waals surface area contributed by atoms with Gasteiger partial charge in [-0.1, -0.05) is 30.3 Å². The Labute approximate surface area is 107 Å². The van der Waals surface area contributed by atoms with Crippen molar-refractivity contribution < 1.29 is 0 Å². The number of nitrogens with two attached hydrogens (primary N) is 2. The molecule has 1 fully saturated rings. The molecule has 0 saturated carbocycles. The Hall–Kier alpha value is -1.88. The quantitative estimate of drug-likeness (QED) is 0.472. The predicted molar refractivity (Wildman–Crippen MR) is 74.2 cm³/mol. The molecule has 0 unspecified atom stereocenters. The minimum absolute atomic E-state index is 0.0164. The zero-order valence-electron chi connectivity index (χ0n) is 10.4. The highest BCUT2D eigenvalue weighted by Crippen LogP contribution is 2.11. The van der Waals surface area contributed by atoms with Gasteiger partial charge in [0.25, 0.3) is 0 Å². The molecule has 0 amide bonds. The minimum Gasteiger partial charge on any atom is -0.369 e. The molecule has 0 bridgehead atoms. The van der Waals surface area contributed by atoms with Crippen LogP contribution in [0, 0.1) is 0 Å². The lowest BCUT2D eigenvalue weighted by molar-refractivity contribution is 0.283. The van der Waals surface area contributed by atoms with Gasteiger partial charge < -0.3 is 11.5 Å². The van der Waals surface area contributed by atoms with E-state index in [0.29, 0.717) is 0 Å². The van der Waals surface area contributed by atoms with E-state index in [2.05, 4.69) is 39.4 Å². The summed E-state index contributed by atoms with van der Waals surface area (Å²) in [5.74, 6) is 0.0164. The summed E-state index contributed by atoms with van der Waals surface area (Å²) in [6.45, 7) is 2.88. The second kappa shape index (κ2) is 6.16. The van der Waals surface area contributed by atoms with E-state index in [1.54, 1.807) is 0 Å². The van der Waals surface area contributed by atoms with E-state index in [9.17, 15) is 0 Å². The first kappa shape index (κ1) is 12.6. The number of piperidine rings is 1. The molecule has 0 radical (unpaired) electrons. The minimum atomic E-state index is 0.0164. The molecule has 5 nitrogen and oxygen atoms in total. The van der Waals surface area contributed by atoms with Crippen molar-refractivity contribution in [3.63, 3.8) is 0 Å². The van der Waals surface area contributed by atoms with Crippen molar-refractivity contribution in [2.45, 2.75) is 19.4 Å². The molecule has 1 aromatic rings. The van der Waals surface area contributed by atoms with E-state index in [0.717, 1.165) is 38.2 Å². The van der Waals surface area contributed by atoms with Gasteiger partial charge in [-0.3, -0.25) is 4.90 Å². The maximum Gasteiger partial charge on any atom is 0.211 e. The fraction of sp³-hybridized carbons (Fsp3) is 0.385. The van der Waals surface area contributed by atoms with E-state index >= 15 is 0 Å². The fourth-order valence-corrected chi connectivity index (χ4v) is 2.11. The van der Waals surface area contributed by atoms with Crippen molar-refractivity contribution in [2.75, 3.05) is 13.1 Å². The third kappa shape index (κ3) is 3.85. The van der Waals surface area contributed by atoms with Gasteiger partial charge in [0.2, 0.25) is 5.96 Å². The predicted octanol–water partition coefficient (Wildman–Crippen LogP) is 0.912. The first-order valence-electron chi connectivity index (χ1n) is 6.14. The molecular formula is C13H19N5. The average Bonchev–Trinajstić information content (AvgIpc) is 2.38. The Balaban J connectivity index is 1.95. The number of benzene rings is 1. The monoisotopic (exact) mass is 245 g/mol. The van der Waals surface area contributed by atoms with Crippen molar-refractivity contribution in [3.05, 3.63) is 35.9 Å². The molecule has 18 heavy (non-hydrogen) atoms. The summed E-state index contributed by atoms with van der Waals surface area (Å²) in [5.41, 5.74) is 12.9. The molecule has 1 saturated heterocycles. The fourth-order valence-electron chi connectivity index (χ4n) is 2.11. The molecule has 1 aromatic carbocycles. The maximum absolute atomic E-state index is 5.27. The van der Waals surface area contributed by atoms with Gasteiger partial charge in [-0.25, -0.2) is 0 Å². The van der Waals surface area contributed by atoms with Crippen LogP contribution in [0.15, 0.2) is 40.5 Å². The SMILES string of the molecule is NC(N)=NN=C1CCCN(Cc2ccccc2)C1. The van der Waals surface area contributed by atoms with Crippen LogP contribution in [0.4, 0.5) is 0 Å². The van der Waals surface area contributed by atoms with Gasteiger partial charge in [0.05, 0.1) is 5.71 Å². The van der Waals surface area contributed by atoms with E-state index in [1.807, 2.05) is 6.07 Å². The van der Waals surface area contributed by atoms with Gasteiger partial charge in [-0.05, 0) is 24.9 Å². The van der Waals surface area contributed by atoms with E-state index in [4.69, 9.17) is 11.5 Å². The highest BCUT2D eigenvalue weighted by molar-refractivity contribution is 5.87. The summed E-state index contributed by atoms with van der Waals surface area (Å²) in [6.07, 6.45) is 2.08. The molecule has 0 aliphatic carbocycles. The van der Waals surface area contributed by atoms with Crippen molar-refractivity contribution >= 4 is 11.7 Å². The van der Waals surface area contributed by atoms with Gasteiger partial charge in [-0.15, -0.1) is 5.10 Å². The number of hydrogen-bond donors (Lipinski definition) is 2. The maximum atomic E-state index is 5.27. The van der Waals surface area contributed by atoms with Gasteiger partial charge in [0.1, 0.15) is 0 Å². The highest BCUT2D eigenvalue weighted by Gasteiger charge is 2.15. The lowest BCUT2D eigenvalue weighted by Crippen LogP contribution is -2.35. The van der Waals surface area contributed by atoms with Crippen LogP contribution in [0.5, 0.6) is 0 Å². The number of rotatable bonds is 3. The van der Waals surface area contributed by atoms with Crippen LogP contribution in [0.1, 0.15) is 18.4 Å². The second-order valence-electron chi connectivity index (χ2n) is 4.49. The zero-order chi connectivity index (χ0) is 12.8. The number of nitrogens with zero attached hydrogens (tertiary/aromatic N) is 3. The van der Waals surface area contributed by atoms with Gasteiger partial charge >= 0.3 is 0 Å². The van der Waals surface area contributed by atoms with Gasteiger partial charge in [-0.2, -0.15) is 5.10 Å². The Bertz CT molecular complexity index is 434. The normalized spacial score (nSPS) is 18.8. The molecule has 0 aromatic heterocycles.